The Morgan fingerprint density at radius 3 is 2.84 bits per heavy atom. The van der Waals surface area contributed by atoms with Gasteiger partial charge in [0.15, 0.2) is 5.52 Å². The van der Waals surface area contributed by atoms with Crippen molar-refractivity contribution in [2.45, 2.75) is 46.3 Å². The molecule has 3 aromatic heterocycles. The lowest BCUT2D eigenvalue weighted by Gasteiger charge is -2.19. The van der Waals surface area contributed by atoms with Crippen molar-refractivity contribution in [3.63, 3.8) is 0 Å². The van der Waals surface area contributed by atoms with Crippen molar-refractivity contribution < 1.29 is 14.2 Å². The van der Waals surface area contributed by atoms with Crippen LogP contribution in [0, 0.1) is 6.92 Å². The van der Waals surface area contributed by atoms with Crippen molar-refractivity contribution >= 4 is 22.8 Å². The summed E-state index contributed by atoms with van der Waals surface area (Å²) in [5.74, 6) is -0.292. The second-order valence-electron chi connectivity index (χ2n) is 6.84. The maximum atomic E-state index is 11.9. The predicted molar refractivity (Wildman–Crippen MR) is 89.6 cm³/mol. The number of anilines is 1. The average Bonchev–Trinajstić information content (AvgIpc) is 3.10. The van der Waals surface area contributed by atoms with E-state index in [9.17, 15) is 4.79 Å². The van der Waals surface area contributed by atoms with E-state index >= 15 is 0 Å². The van der Waals surface area contributed by atoms with Crippen molar-refractivity contribution in [1.29, 1.82) is 0 Å². The summed E-state index contributed by atoms with van der Waals surface area (Å²) >= 11 is 0. The number of carbonyl (C=O) groups is 1. The number of nitrogens with two attached hydrogens (primary N) is 1. The summed E-state index contributed by atoms with van der Waals surface area (Å²) in [4.78, 5) is 16.2. The predicted octanol–water partition coefficient (Wildman–Crippen LogP) is 1.64. The fourth-order valence-corrected chi connectivity index (χ4v) is 2.48. The molecule has 3 heterocycles. The summed E-state index contributed by atoms with van der Waals surface area (Å²) < 4.78 is 11.7. The number of pyridine rings is 1. The van der Waals surface area contributed by atoms with Gasteiger partial charge in [-0.3, -0.25) is 9.48 Å². The number of ether oxygens (including phenoxy) is 1. The molecule has 0 fully saturated rings. The molecule has 3 aromatic rings. The van der Waals surface area contributed by atoms with Gasteiger partial charge in [-0.05, 0) is 38.0 Å². The number of aromatic nitrogens is 5. The van der Waals surface area contributed by atoms with Crippen LogP contribution in [0.25, 0.3) is 11.2 Å². The van der Waals surface area contributed by atoms with Gasteiger partial charge in [0.1, 0.15) is 5.60 Å². The van der Waals surface area contributed by atoms with E-state index in [-0.39, 0.29) is 12.4 Å². The highest BCUT2D eigenvalue weighted by Gasteiger charge is 2.18. The Balaban J connectivity index is 1.77. The van der Waals surface area contributed by atoms with E-state index in [1.807, 2.05) is 27.7 Å². The zero-order chi connectivity index (χ0) is 18.2. The van der Waals surface area contributed by atoms with E-state index in [0.29, 0.717) is 23.4 Å². The van der Waals surface area contributed by atoms with Crippen LogP contribution in [0.2, 0.25) is 0 Å². The van der Waals surface area contributed by atoms with Crippen LogP contribution < -0.4 is 5.73 Å². The third-order valence-corrected chi connectivity index (χ3v) is 3.54. The first-order chi connectivity index (χ1) is 11.7. The lowest BCUT2D eigenvalue weighted by atomic mass is 10.1. The van der Waals surface area contributed by atoms with E-state index in [2.05, 4.69) is 25.0 Å². The number of esters is 1. The minimum absolute atomic E-state index is 0.163. The van der Waals surface area contributed by atoms with Gasteiger partial charge in [-0.1, -0.05) is 0 Å². The average molecular weight is 344 g/mol. The van der Waals surface area contributed by atoms with Crippen LogP contribution in [-0.2, 0) is 22.5 Å². The molecule has 2 N–H and O–H groups in total. The molecule has 0 atom stereocenters. The van der Waals surface area contributed by atoms with Gasteiger partial charge < -0.3 is 10.5 Å². The molecule has 132 valence electrons. The molecule has 25 heavy (non-hydrogen) atoms. The number of aryl methyl sites for hydroxylation is 1. The highest BCUT2D eigenvalue weighted by atomic mass is 16.6. The summed E-state index contributed by atoms with van der Waals surface area (Å²) in [7, 11) is 0. The van der Waals surface area contributed by atoms with Gasteiger partial charge in [0.25, 0.3) is 0 Å². The van der Waals surface area contributed by atoms with Crippen LogP contribution in [0.5, 0.6) is 0 Å². The van der Waals surface area contributed by atoms with Crippen LogP contribution in [0.3, 0.4) is 0 Å². The number of nitrogen functional groups attached to an aromatic ring is 1. The minimum Gasteiger partial charge on any atom is -0.460 e. The van der Waals surface area contributed by atoms with Crippen LogP contribution >= 0.6 is 0 Å². The van der Waals surface area contributed by atoms with E-state index < -0.39 is 5.60 Å². The van der Waals surface area contributed by atoms with E-state index in [1.165, 1.54) is 0 Å². The van der Waals surface area contributed by atoms with Gasteiger partial charge in [0, 0.05) is 23.0 Å². The van der Waals surface area contributed by atoms with Gasteiger partial charge >= 0.3 is 5.97 Å². The Hall–Kier alpha value is -2.97. The molecule has 0 aromatic carbocycles. The number of fused-ring (bicyclic) bond motifs is 1. The molecule has 0 unspecified atom stereocenters. The minimum atomic E-state index is -0.509. The van der Waals surface area contributed by atoms with Crippen LogP contribution in [0.1, 0.15) is 37.6 Å². The van der Waals surface area contributed by atoms with Crippen molar-refractivity contribution in [3.05, 3.63) is 29.2 Å². The molecule has 0 bridgehead atoms. The molecule has 0 spiro atoms. The zero-order valence-electron chi connectivity index (χ0n) is 14.6. The quantitative estimate of drug-likeness (QED) is 0.709. The summed E-state index contributed by atoms with van der Waals surface area (Å²) in [6.45, 7) is 7.75. The molecule has 9 nitrogen and oxygen atoms in total. The smallest absolute Gasteiger partial charge is 0.310 e. The molecule has 0 amide bonds. The fourth-order valence-electron chi connectivity index (χ4n) is 2.48. The highest BCUT2D eigenvalue weighted by Crippen LogP contribution is 2.24. The molecule has 0 aliphatic carbocycles. The van der Waals surface area contributed by atoms with Gasteiger partial charge in [-0.25, -0.2) is 9.61 Å². The molecule has 0 radical (unpaired) electrons. The van der Waals surface area contributed by atoms with Crippen LogP contribution in [-0.4, -0.2) is 36.6 Å². The fraction of sp³-hybridized carbons (Fsp3) is 0.438. The van der Waals surface area contributed by atoms with Gasteiger partial charge in [0.05, 0.1) is 24.8 Å². The van der Waals surface area contributed by atoms with Gasteiger partial charge in [-0.15, -0.1) is 0 Å². The highest BCUT2D eigenvalue weighted by molar-refractivity contribution is 5.85. The number of nitrogens with zero attached hydrogens (tertiary/aromatic N) is 5. The SMILES string of the molecule is Cc1nc2nonc2c(N)c1Cn1cc(CC(=O)OC(C)(C)C)cn1. The van der Waals surface area contributed by atoms with Crippen molar-refractivity contribution in [2.24, 2.45) is 0 Å². The van der Waals surface area contributed by atoms with Gasteiger partial charge in [-0.2, -0.15) is 5.10 Å². The molecule has 0 aliphatic rings. The normalized spacial score (nSPS) is 11.8. The second-order valence-corrected chi connectivity index (χ2v) is 6.84. The lowest BCUT2D eigenvalue weighted by Crippen LogP contribution is -2.24. The zero-order valence-corrected chi connectivity index (χ0v) is 14.6. The third-order valence-electron chi connectivity index (χ3n) is 3.54. The Labute approximate surface area is 144 Å². The van der Waals surface area contributed by atoms with Crippen LogP contribution in [0.4, 0.5) is 5.69 Å². The largest absolute Gasteiger partial charge is 0.460 e. The maximum absolute atomic E-state index is 11.9. The molecule has 0 saturated heterocycles. The first-order valence-electron chi connectivity index (χ1n) is 7.83. The van der Waals surface area contributed by atoms with E-state index in [0.717, 1.165) is 16.8 Å². The van der Waals surface area contributed by atoms with Crippen LogP contribution in [0.15, 0.2) is 17.0 Å². The standard InChI is InChI=1S/C16H20N6O3/c1-9-11(13(17)14-15(19-9)21-25-20-14)8-22-7-10(6-18-22)5-12(23)24-16(2,3)4/h6-7H,5,8,17H2,1-4H3. The number of rotatable bonds is 4. The van der Waals surface area contributed by atoms with Crippen molar-refractivity contribution in [1.82, 2.24) is 25.1 Å². The second kappa shape index (κ2) is 6.15. The Morgan fingerprint density at radius 2 is 2.12 bits per heavy atom. The number of carbonyl (C=O) groups excluding carboxylic acids is 1. The first kappa shape index (κ1) is 16.9. The number of hydrogen-bond donors (Lipinski definition) is 1. The topological polar surface area (TPSA) is 122 Å². The molecular formula is C16H20N6O3. The Morgan fingerprint density at radius 1 is 1.36 bits per heavy atom. The third kappa shape index (κ3) is 3.76. The lowest BCUT2D eigenvalue weighted by molar-refractivity contribution is -0.153. The monoisotopic (exact) mass is 344 g/mol. The Kier molecular flexibility index (Phi) is 4.15. The molecule has 0 saturated carbocycles. The van der Waals surface area contributed by atoms with E-state index in [4.69, 9.17) is 10.5 Å². The number of hydrogen-bond acceptors (Lipinski definition) is 8. The summed E-state index contributed by atoms with van der Waals surface area (Å²) in [6.07, 6.45) is 3.59. The molecule has 9 heteroatoms. The maximum Gasteiger partial charge on any atom is 0.310 e. The van der Waals surface area contributed by atoms with Gasteiger partial charge in [0.2, 0.25) is 5.65 Å². The van der Waals surface area contributed by atoms with Crippen molar-refractivity contribution in [3.8, 4) is 0 Å². The summed E-state index contributed by atoms with van der Waals surface area (Å²) in [5, 5.41) is 11.8. The molecule has 0 aliphatic heterocycles. The van der Waals surface area contributed by atoms with E-state index in [1.54, 1.807) is 17.1 Å². The molecule has 3 rings (SSSR count). The van der Waals surface area contributed by atoms with Crippen molar-refractivity contribution in [2.75, 3.05) is 5.73 Å². The summed E-state index contributed by atoms with van der Waals surface area (Å²) in [6, 6.07) is 0. The molecular weight excluding hydrogens is 324 g/mol. The summed E-state index contributed by atoms with van der Waals surface area (Å²) in [5.41, 5.74) is 9.20. The Bertz CT molecular complexity index is 922. The first-order valence-corrected chi connectivity index (χ1v) is 7.83.